The van der Waals surface area contributed by atoms with E-state index in [1.54, 1.807) is 7.11 Å². The SMILES string of the molecule is COC(C)CCc1nnc(SCC(=O)O)n1C. The minimum absolute atomic E-state index is 0.000444. The number of methoxy groups -OCH3 is 1. The third-order valence-electron chi connectivity index (χ3n) is 2.43. The number of carbonyl (C=O) groups is 1. The van der Waals surface area contributed by atoms with Gasteiger partial charge in [-0.05, 0) is 13.3 Å². The molecule has 0 radical (unpaired) electrons. The van der Waals surface area contributed by atoms with Crippen LogP contribution in [0.3, 0.4) is 0 Å². The second-order valence-electron chi connectivity index (χ2n) is 3.73. The van der Waals surface area contributed by atoms with Crippen molar-refractivity contribution in [2.75, 3.05) is 12.9 Å². The molecule has 1 unspecified atom stereocenters. The molecule has 1 N–H and O–H groups in total. The first-order valence-corrected chi connectivity index (χ1v) is 6.28. The molecule has 0 amide bonds. The fourth-order valence-corrected chi connectivity index (χ4v) is 1.92. The van der Waals surface area contributed by atoms with E-state index in [0.29, 0.717) is 5.16 Å². The summed E-state index contributed by atoms with van der Waals surface area (Å²) in [6.07, 6.45) is 1.82. The van der Waals surface area contributed by atoms with E-state index in [4.69, 9.17) is 9.84 Å². The number of rotatable bonds is 7. The van der Waals surface area contributed by atoms with Gasteiger partial charge in [0, 0.05) is 20.6 Å². The summed E-state index contributed by atoms with van der Waals surface area (Å²) in [4.78, 5) is 10.4. The van der Waals surface area contributed by atoms with Gasteiger partial charge in [-0.3, -0.25) is 4.79 Å². The fraction of sp³-hybridized carbons (Fsp3) is 0.700. The maximum atomic E-state index is 10.4. The molecule has 0 saturated heterocycles. The molecule has 1 atom stereocenters. The van der Waals surface area contributed by atoms with Crippen LogP contribution in [0.1, 0.15) is 19.2 Å². The van der Waals surface area contributed by atoms with Gasteiger partial charge in [-0.25, -0.2) is 0 Å². The Labute approximate surface area is 104 Å². The third kappa shape index (κ3) is 4.35. The number of thioether (sulfide) groups is 1. The van der Waals surface area contributed by atoms with Crippen LogP contribution in [0.4, 0.5) is 0 Å². The number of hydrogen-bond donors (Lipinski definition) is 1. The van der Waals surface area contributed by atoms with E-state index in [1.165, 1.54) is 11.8 Å². The largest absolute Gasteiger partial charge is 0.481 e. The average molecular weight is 259 g/mol. The third-order valence-corrected chi connectivity index (χ3v) is 3.43. The van der Waals surface area contributed by atoms with Gasteiger partial charge in [0.05, 0.1) is 11.9 Å². The predicted molar refractivity (Wildman–Crippen MR) is 64.2 cm³/mol. The van der Waals surface area contributed by atoms with Crippen molar-refractivity contribution in [1.82, 2.24) is 14.8 Å². The standard InChI is InChI=1S/C10H17N3O3S/c1-7(16-3)4-5-8-11-12-10(13(8)2)17-6-9(14)15/h7H,4-6H2,1-3H3,(H,14,15). The summed E-state index contributed by atoms with van der Waals surface area (Å²) in [6, 6.07) is 0. The Morgan fingerprint density at radius 3 is 2.88 bits per heavy atom. The van der Waals surface area contributed by atoms with Crippen molar-refractivity contribution in [3.63, 3.8) is 0 Å². The van der Waals surface area contributed by atoms with Gasteiger partial charge in [-0.1, -0.05) is 11.8 Å². The van der Waals surface area contributed by atoms with Crippen molar-refractivity contribution in [3.05, 3.63) is 5.82 Å². The zero-order valence-electron chi connectivity index (χ0n) is 10.2. The maximum Gasteiger partial charge on any atom is 0.313 e. The van der Waals surface area contributed by atoms with Gasteiger partial charge in [-0.15, -0.1) is 10.2 Å². The number of nitrogens with zero attached hydrogens (tertiary/aromatic N) is 3. The second-order valence-corrected chi connectivity index (χ2v) is 4.67. The van der Waals surface area contributed by atoms with Crippen LogP contribution in [-0.4, -0.2) is 44.8 Å². The molecule has 0 aliphatic heterocycles. The number of ether oxygens (including phenoxy) is 1. The number of hydrogen-bond acceptors (Lipinski definition) is 5. The lowest BCUT2D eigenvalue weighted by molar-refractivity contribution is -0.133. The molecule has 1 heterocycles. The van der Waals surface area contributed by atoms with Crippen LogP contribution in [-0.2, 0) is 23.0 Å². The zero-order chi connectivity index (χ0) is 12.8. The van der Waals surface area contributed by atoms with Gasteiger partial charge in [0.2, 0.25) is 0 Å². The summed E-state index contributed by atoms with van der Waals surface area (Å²) in [5.41, 5.74) is 0. The van der Waals surface area contributed by atoms with E-state index in [9.17, 15) is 4.79 Å². The Morgan fingerprint density at radius 1 is 1.59 bits per heavy atom. The lowest BCUT2D eigenvalue weighted by atomic mass is 10.2. The molecule has 0 aromatic carbocycles. The summed E-state index contributed by atoms with van der Waals surface area (Å²) in [7, 11) is 3.52. The highest BCUT2D eigenvalue weighted by Crippen LogP contribution is 2.16. The highest BCUT2D eigenvalue weighted by molar-refractivity contribution is 7.99. The first kappa shape index (κ1) is 14.0. The molecular formula is C10H17N3O3S. The van der Waals surface area contributed by atoms with Crippen LogP contribution in [0.2, 0.25) is 0 Å². The average Bonchev–Trinajstić information content (AvgIpc) is 2.64. The van der Waals surface area contributed by atoms with Gasteiger partial charge in [0.25, 0.3) is 0 Å². The molecule has 7 heteroatoms. The lowest BCUT2D eigenvalue weighted by Gasteiger charge is -2.08. The van der Waals surface area contributed by atoms with Crippen LogP contribution in [0, 0.1) is 0 Å². The normalized spacial score (nSPS) is 12.6. The monoisotopic (exact) mass is 259 g/mol. The van der Waals surface area contributed by atoms with Crippen LogP contribution in [0.15, 0.2) is 5.16 Å². The molecule has 1 rings (SSSR count). The fourth-order valence-electron chi connectivity index (χ4n) is 1.26. The van der Waals surface area contributed by atoms with Gasteiger partial charge in [-0.2, -0.15) is 0 Å². The molecule has 0 saturated carbocycles. The molecule has 1 aromatic rings. The van der Waals surface area contributed by atoms with E-state index in [0.717, 1.165) is 18.7 Å². The Morgan fingerprint density at radius 2 is 2.29 bits per heavy atom. The zero-order valence-corrected chi connectivity index (χ0v) is 11.0. The topological polar surface area (TPSA) is 77.2 Å². The Bertz CT molecular complexity index is 381. The van der Waals surface area contributed by atoms with Crippen LogP contribution in [0.5, 0.6) is 0 Å². The van der Waals surface area contributed by atoms with Crippen molar-refractivity contribution in [2.24, 2.45) is 7.05 Å². The number of carboxylic acid groups (broad SMARTS) is 1. The summed E-state index contributed by atoms with van der Waals surface area (Å²) in [5.74, 6) is -0.00479. The number of aromatic nitrogens is 3. The number of carboxylic acids is 1. The molecule has 96 valence electrons. The van der Waals surface area contributed by atoms with Crippen molar-refractivity contribution in [3.8, 4) is 0 Å². The lowest BCUT2D eigenvalue weighted by Crippen LogP contribution is -2.09. The minimum Gasteiger partial charge on any atom is -0.481 e. The van der Waals surface area contributed by atoms with E-state index in [1.807, 2.05) is 18.5 Å². The van der Waals surface area contributed by atoms with E-state index >= 15 is 0 Å². The Balaban J connectivity index is 2.54. The first-order chi connectivity index (χ1) is 8.04. The van der Waals surface area contributed by atoms with Crippen molar-refractivity contribution < 1.29 is 14.6 Å². The number of aliphatic carboxylic acids is 1. The molecule has 1 aromatic heterocycles. The van der Waals surface area contributed by atoms with Crippen molar-refractivity contribution >= 4 is 17.7 Å². The minimum atomic E-state index is -0.854. The van der Waals surface area contributed by atoms with Crippen LogP contribution >= 0.6 is 11.8 Å². The highest BCUT2D eigenvalue weighted by Gasteiger charge is 2.11. The van der Waals surface area contributed by atoms with Crippen molar-refractivity contribution in [2.45, 2.75) is 31.0 Å². The summed E-state index contributed by atoms with van der Waals surface area (Å²) >= 11 is 1.17. The Hall–Kier alpha value is -1.08. The van der Waals surface area contributed by atoms with Gasteiger partial charge in [0.1, 0.15) is 5.82 Å². The van der Waals surface area contributed by atoms with Gasteiger partial charge < -0.3 is 14.4 Å². The molecule has 0 aliphatic rings. The van der Waals surface area contributed by atoms with Gasteiger partial charge >= 0.3 is 5.97 Å². The molecule has 0 aliphatic carbocycles. The maximum absolute atomic E-state index is 10.4. The predicted octanol–water partition coefficient (Wildman–Crippen LogP) is 0.959. The molecule has 0 fully saturated rings. The summed E-state index contributed by atoms with van der Waals surface area (Å²) < 4.78 is 6.99. The van der Waals surface area contributed by atoms with Crippen LogP contribution in [0.25, 0.3) is 0 Å². The summed E-state index contributed by atoms with van der Waals surface area (Å²) in [6.45, 7) is 2.00. The molecule has 0 spiro atoms. The highest BCUT2D eigenvalue weighted by atomic mass is 32.2. The van der Waals surface area contributed by atoms with E-state index in [-0.39, 0.29) is 11.9 Å². The Kier molecular flexibility index (Phi) is 5.43. The molecule has 6 nitrogen and oxygen atoms in total. The van der Waals surface area contributed by atoms with E-state index < -0.39 is 5.97 Å². The smallest absolute Gasteiger partial charge is 0.313 e. The van der Waals surface area contributed by atoms with Gasteiger partial charge in [0.15, 0.2) is 5.16 Å². The van der Waals surface area contributed by atoms with E-state index in [2.05, 4.69) is 10.2 Å². The molecule has 17 heavy (non-hydrogen) atoms. The number of aryl methyl sites for hydroxylation is 1. The quantitative estimate of drug-likeness (QED) is 0.735. The van der Waals surface area contributed by atoms with Crippen molar-refractivity contribution in [1.29, 1.82) is 0 Å². The molecule has 0 bridgehead atoms. The first-order valence-electron chi connectivity index (χ1n) is 5.30. The van der Waals surface area contributed by atoms with Crippen LogP contribution < -0.4 is 0 Å². The second kappa shape index (κ2) is 6.61. The summed E-state index contributed by atoms with van der Waals surface area (Å²) in [5, 5.41) is 17.2. The molecular weight excluding hydrogens is 242 g/mol.